The molecule has 0 unspecified atom stereocenters. The fourth-order valence-corrected chi connectivity index (χ4v) is 3.83. The van der Waals surface area contributed by atoms with Gasteiger partial charge >= 0.3 is 0 Å². The number of amides is 2. The number of carbonyl (C=O) groups is 2. The van der Waals surface area contributed by atoms with Crippen LogP contribution in [0.4, 0.5) is 0 Å². The summed E-state index contributed by atoms with van der Waals surface area (Å²) in [6, 6.07) is 21.7. The summed E-state index contributed by atoms with van der Waals surface area (Å²) in [5.74, 6) is -0.139. The van der Waals surface area contributed by atoms with Crippen LogP contribution in [0, 0.1) is 0 Å². The zero-order valence-electron chi connectivity index (χ0n) is 20.2. The van der Waals surface area contributed by atoms with Gasteiger partial charge in [0.15, 0.2) is 0 Å². The Balaban J connectivity index is 1.74. The van der Waals surface area contributed by atoms with Gasteiger partial charge in [-0.15, -0.1) is 0 Å². The molecule has 0 aliphatic heterocycles. The van der Waals surface area contributed by atoms with E-state index < -0.39 is 0 Å². The second kappa shape index (κ2) is 11.5. The van der Waals surface area contributed by atoms with E-state index in [0.717, 1.165) is 29.7 Å². The van der Waals surface area contributed by atoms with Gasteiger partial charge in [0.25, 0.3) is 5.91 Å². The van der Waals surface area contributed by atoms with E-state index >= 15 is 0 Å². The zero-order chi connectivity index (χ0) is 23.8. The van der Waals surface area contributed by atoms with E-state index in [-0.39, 0.29) is 24.4 Å². The number of hydrogen-bond acceptors (Lipinski definition) is 2. The van der Waals surface area contributed by atoms with Crippen LogP contribution >= 0.6 is 0 Å². The largest absolute Gasteiger partial charge is 0.353 e. The van der Waals surface area contributed by atoms with Crippen LogP contribution in [-0.2, 0) is 18.4 Å². The summed E-state index contributed by atoms with van der Waals surface area (Å²) in [4.78, 5) is 30.2. The Morgan fingerprint density at radius 2 is 1.58 bits per heavy atom. The number of hydrogen-bond donors (Lipinski definition) is 0. The number of aromatic nitrogens is 1. The summed E-state index contributed by atoms with van der Waals surface area (Å²) in [5, 5.41) is 0. The van der Waals surface area contributed by atoms with E-state index in [9.17, 15) is 9.59 Å². The molecule has 0 aliphatic carbocycles. The molecule has 0 spiro atoms. The van der Waals surface area contributed by atoms with E-state index in [1.54, 1.807) is 4.90 Å². The van der Waals surface area contributed by atoms with Gasteiger partial charge in [-0.1, -0.05) is 55.8 Å². The third-order valence-electron chi connectivity index (χ3n) is 5.97. The van der Waals surface area contributed by atoms with Crippen LogP contribution in [0.5, 0.6) is 0 Å². The minimum atomic E-state index is -0.118. The first kappa shape index (κ1) is 24.3. The molecule has 0 atom stereocenters. The SMILES string of the molecule is CCCCN(Cc1cccn1C)C(=O)CN(C(=O)c1ccc(-c2ccccc2)cc1)C(C)C. The van der Waals surface area contributed by atoms with Crippen molar-refractivity contribution in [1.82, 2.24) is 14.4 Å². The lowest BCUT2D eigenvalue weighted by molar-refractivity contribution is -0.133. The van der Waals surface area contributed by atoms with Gasteiger partial charge in [-0.05, 0) is 55.7 Å². The number of aryl methyl sites for hydroxylation is 1. The summed E-state index contributed by atoms with van der Waals surface area (Å²) in [6.45, 7) is 7.34. The van der Waals surface area contributed by atoms with Gasteiger partial charge in [0.1, 0.15) is 6.54 Å². The van der Waals surface area contributed by atoms with Gasteiger partial charge in [0.2, 0.25) is 5.91 Å². The standard InChI is InChI=1S/C28H35N3O2/c1-5-6-19-30(20-26-13-10-18-29(26)4)27(32)21-31(22(2)3)28(33)25-16-14-24(15-17-25)23-11-8-7-9-12-23/h7-18,22H,5-6,19-21H2,1-4H3. The smallest absolute Gasteiger partial charge is 0.254 e. The number of carbonyl (C=O) groups excluding carboxylic acids is 2. The molecule has 5 nitrogen and oxygen atoms in total. The van der Waals surface area contributed by atoms with Crippen molar-refractivity contribution in [2.75, 3.05) is 13.1 Å². The van der Waals surface area contributed by atoms with E-state index in [0.29, 0.717) is 18.7 Å². The molecule has 0 saturated carbocycles. The second-order valence-electron chi connectivity index (χ2n) is 8.75. The van der Waals surface area contributed by atoms with E-state index in [2.05, 4.69) is 6.92 Å². The molecule has 174 valence electrons. The van der Waals surface area contributed by atoms with Gasteiger partial charge in [0, 0.05) is 37.1 Å². The van der Waals surface area contributed by atoms with Crippen molar-refractivity contribution < 1.29 is 9.59 Å². The molecule has 0 bridgehead atoms. The molecule has 33 heavy (non-hydrogen) atoms. The quantitative estimate of drug-likeness (QED) is 0.421. The van der Waals surface area contributed by atoms with E-state index in [4.69, 9.17) is 0 Å². The third-order valence-corrected chi connectivity index (χ3v) is 5.97. The normalized spacial score (nSPS) is 10.9. The van der Waals surface area contributed by atoms with Crippen molar-refractivity contribution in [2.24, 2.45) is 7.05 Å². The minimum Gasteiger partial charge on any atom is -0.353 e. The topological polar surface area (TPSA) is 45.6 Å². The Morgan fingerprint density at radius 1 is 0.909 bits per heavy atom. The van der Waals surface area contributed by atoms with Gasteiger partial charge in [0.05, 0.1) is 6.54 Å². The molecule has 0 fully saturated rings. The van der Waals surface area contributed by atoms with Crippen LogP contribution in [0.3, 0.4) is 0 Å². The first-order chi connectivity index (χ1) is 15.9. The van der Waals surface area contributed by atoms with E-state index in [1.807, 2.05) is 103 Å². The molecule has 0 radical (unpaired) electrons. The van der Waals surface area contributed by atoms with Crippen LogP contribution in [0.2, 0.25) is 0 Å². The summed E-state index contributed by atoms with van der Waals surface area (Å²) >= 11 is 0. The van der Waals surface area contributed by atoms with Crippen molar-refractivity contribution in [3.05, 3.63) is 84.2 Å². The van der Waals surface area contributed by atoms with Crippen LogP contribution < -0.4 is 0 Å². The predicted molar refractivity (Wildman–Crippen MR) is 134 cm³/mol. The highest BCUT2D eigenvalue weighted by Crippen LogP contribution is 2.20. The highest BCUT2D eigenvalue weighted by atomic mass is 16.2. The van der Waals surface area contributed by atoms with Gasteiger partial charge in [-0.3, -0.25) is 9.59 Å². The molecule has 1 aromatic heterocycles. The molecule has 2 aromatic carbocycles. The Labute approximate surface area is 197 Å². The molecular weight excluding hydrogens is 410 g/mol. The average molecular weight is 446 g/mol. The lowest BCUT2D eigenvalue weighted by Gasteiger charge is -2.30. The summed E-state index contributed by atoms with van der Waals surface area (Å²) < 4.78 is 2.03. The summed E-state index contributed by atoms with van der Waals surface area (Å²) in [5.41, 5.74) is 3.85. The van der Waals surface area contributed by atoms with Gasteiger partial charge in [-0.2, -0.15) is 0 Å². The van der Waals surface area contributed by atoms with E-state index in [1.165, 1.54) is 0 Å². The first-order valence-electron chi connectivity index (χ1n) is 11.7. The maximum atomic E-state index is 13.3. The Hall–Kier alpha value is -3.34. The first-order valence-corrected chi connectivity index (χ1v) is 11.7. The number of rotatable bonds is 10. The summed E-state index contributed by atoms with van der Waals surface area (Å²) in [6.07, 6.45) is 3.94. The Morgan fingerprint density at radius 3 is 2.15 bits per heavy atom. The molecule has 0 saturated heterocycles. The average Bonchev–Trinajstić information content (AvgIpc) is 3.24. The summed E-state index contributed by atoms with van der Waals surface area (Å²) in [7, 11) is 1.99. The van der Waals surface area contributed by atoms with Crippen LogP contribution in [0.1, 0.15) is 49.7 Å². The van der Waals surface area contributed by atoms with Crippen molar-refractivity contribution in [2.45, 2.75) is 46.2 Å². The van der Waals surface area contributed by atoms with Crippen LogP contribution in [-0.4, -0.2) is 45.3 Å². The Kier molecular flexibility index (Phi) is 8.47. The monoisotopic (exact) mass is 445 g/mol. The molecule has 5 heteroatoms. The van der Waals surface area contributed by atoms with Gasteiger partial charge in [-0.25, -0.2) is 0 Å². The minimum absolute atomic E-state index is 0.0207. The molecule has 3 aromatic rings. The van der Waals surface area contributed by atoms with Crippen LogP contribution in [0.15, 0.2) is 72.9 Å². The lowest BCUT2D eigenvalue weighted by atomic mass is 10.0. The number of nitrogens with zero attached hydrogens (tertiary/aromatic N) is 3. The maximum Gasteiger partial charge on any atom is 0.254 e. The molecule has 1 heterocycles. The molecule has 0 aliphatic rings. The second-order valence-corrected chi connectivity index (χ2v) is 8.75. The zero-order valence-corrected chi connectivity index (χ0v) is 20.2. The van der Waals surface area contributed by atoms with Crippen molar-refractivity contribution in [1.29, 1.82) is 0 Å². The highest BCUT2D eigenvalue weighted by Gasteiger charge is 2.25. The fourth-order valence-electron chi connectivity index (χ4n) is 3.83. The van der Waals surface area contributed by atoms with Crippen LogP contribution in [0.25, 0.3) is 11.1 Å². The molecule has 3 rings (SSSR count). The van der Waals surface area contributed by atoms with Crippen molar-refractivity contribution in [3.63, 3.8) is 0 Å². The fraction of sp³-hybridized carbons (Fsp3) is 0.357. The van der Waals surface area contributed by atoms with Crippen molar-refractivity contribution >= 4 is 11.8 Å². The molecular formula is C28H35N3O2. The predicted octanol–water partition coefficient (Wildman–Crippen LogP) is 5.37. The number of unbranched alkanes of at least 4 members (excludes halogenated alkanes) is 1. The lowest BCUT2D eigenvalue weighted by Crippen LogP contribution is -2.46. The molecule has 0 N–H and O–H groups in total. The maximum absolute atomic E-state index is 13.3. The van der Waals surface area contributed by atoms with Gasteiger partial charge < -0.3 is 14.4 Å². The van der Waals surface area contributed by atoms with Crippen molar-refractivity contribution in [3.8, 4) is 11.1 Å². The number of benzene rings is 2. The third kappa shape index (κ3) is 6.35. The molecule has 2 amide bonds. The highest BCUT2D eigenvalue weighted by molar-refractivity contribution is 5.97. The Bertz CT molecular complexity index is 1040.